The second-order valence-corrected chi connectivity index (χ2v) is 6.98. The third-order valence-electron chi connectivity index (χ3n) is 4.03. The van der Waals surface area contributed by atoms with Gasteiger partial charge in [0.25, 0.3) is 5.91 Å². The Hall–Kier alpha value is -3.08. The van der Waals surface area contributed by atoms with E-state index in [4.69, 9.17) is 0 Å². The van der Waals surface area contributed by atoms with E-state index in [0.717, 1.165) is 28.8 Å². The molecule has 0 aliphatic heterocycles. The van der Waals surface area contributed by atoms with Gasteiger partial charge in [-0.1, -0.05) is 17.4 Å². The predicted octanol–water partition coefficient (Wildman–Crippen LogP) is 4.39. The number of carboxylic acids is 1. The Morgan fingerprint density at radius 1 is 1.17 bits per heavy atom. The van der Waals surface area contributed by atoms with Crippen LogP contribution in [0.5, 0.6) is 0 Å². The van der Waals surface area contributed by atoms with Crippen LogP contribution in [0.25, 0.3) is 10.2 Å². The Morgan fingerprint density at radius 3 is 2.48 bits per heavy atom. The van der Waals surface area contributed by atoms with Crippen LogP contribution in [0.15, 0.2) is 41.4 Å². The monoisotopic (exact) mass is 430 g/mol. The molecule has 1 unspecified atom stereocenters. The fourth-order valence-corrected chi connectivity index (χ4v) is 3.70. The van der Waals surface area contributed by atoms with Crippen molar-refractivity contribution >= 4 is 33.4 Å². The molecule has 152 valence electrons. The lowest BCUT2D eigenvalue weighted by Crippen LogP contribution is -2.25. The van der Waals surface area contributed by atoms with E-state index in [1.54, 1.807) is 0 Å². The van der Waals surface area contributed by atoms with Crippen molar-refractivity contribution in [2.75, 3.05) is 0 Å². The lowest BCUT2D eigenvalue weighted by Gasteiger charge is -2.10. The Morgan fingerprint density at radius 2 is 1.86 bits per heavy atom. The topological polar surface area (TPSA) is 71.7 Å². The van der Waals surface area contributed by atoms with Crippen molar-refractivity contribution < 1.29 is 36.6 Å². The molecule has 0 saturated carbocycles. The van der Waals surface area contributed by atoms with E-state index in [9.17, 15) is 36.6 Å². The number of benzene rings is 2. The number of nitrogens with zero attached hydrogens (tertiary/aromatic N) is 2. The van der Waals surface area contributed by atoms with Crippen LogP contribution in [0.2, 0.25) is 0 Å². The van der Waals surface area contributed by atoms with E-state index < -0.39 is 46.9 Å². The van der Waals surface area contributed by atoms with E-state index in [-0.39, 0.29) is 15.0 Å². The van der Waals surface area contributed by atoms with Gasteiger partial charge in [-0.15, -0.1) is 0 Å². The third kappa shape index (κ3) is 4.04. The molecule has 1 atom stereocenters. The number of thiazole rings is 1. The van der Waals surface area contributed by atoms with Crippen LogP contribution in [0.1, 0.15) is 28.9 Å². The maximum atomic E-state index is 14.1. The first-order valence-corrected chi connectivity index (χ1v) is 8.80. The molecule has 1 amide bonds. The minimum Gasteiger partial charge on any atom is -0.480 e. The van der Waals surface area contributed by atoms with Crippen LogP contribution in [0.3, 0.4) is 0 Å². The average Bonchev–Trinajstić information content (AvgIpc) is 2.98. The Labute approximate surface area is 163 Å². The minimum atomic E-state index is -4.67. The van der Waals surface area contributed by atoms with Crippen LogP contribution in [-0.2, 0) is 11.0 Å². The van der Waals surface area contributed by atoms with Crippen LogP contribution in [0.4, 0.5) is 22.0 Å². The highest BCUT2D eigenvalue weighted by molar-refractivity contribution is 7.16. The maximum absolute atomic E-state index is 14.1. The molecule has 0 bridgehead atoms. The van der Waals surface area contributed by atoms with Crippen molar-refractivity contribution in [2.45, 2.75) is 19.1 Å². The molecule has 29 heavy (non-hydrogen) atoms. The Balaban J connectivity index is 2.22. The molecule has 5 nitrogen and oxygen atoms in total. The number of amides is 1. The van der Waals surface area contributed by atoms with Crippen molar-refractivity contribution in [3.05, 3.63) is 64.0 Å². The molecule has 2 aromatic carbocycles. The number of hydrogen-bond donors (Lipinski definition) is 1. The molecule has 11 heteroatoms. The molecule has 1 aromatic heterocycles. The van der Waals surface area contributed by atoms with E-state index in [2.05, 4.69) is 4.99 Å². The summed E-state index contributed by atoms with van der Waals surface area (Å²) in [6.07, 6.45) is -4.67. The summed E-state index contributed by atoms with van der Waals surface area (Å²) in [5.74, 6) is -4.39. The number of carbonyl (C=O) groups is 2. The first kappa shape index (κ1) is 20.6. The highest BCUT2D eigenvalue weighted by atomic mass is 32.1. The standard InChI is InChI=1S/C18H11F5N2O3S/c1-8(16(27)28)25-13-7-11(19)6-12(20)14(13)29-17(25)24-15(26)9-3-2-4-10(5-9)18(21,22)23/h2-8H,1H3,(H,27,28). The van der Waals surface area contributed by atoms with Gasteiger partial charge in [0.2, 0.25) is 0 Å². The normalized spacial score (nSPS) is 13.7. The van der Waals surface area contributed by atoms with Gasteiger partial charge in [-0.05, 0) is 31.2 Å². The number of aromatic nitrogens is 1. The molecule has 3 aromatic rings. The van der Waals surface area contributed by atoms with Gasteiger partial charge >= 0.3 is 12.1 Å². The number of rotatable bonds is 3. The average molecular weight is 430 g/mol. The van der Waals surface area contributed by atoms with E-state index >= 15 is 0 Å². The van der Waals surface area contributed by atoms with Gasteiger partial charge in [0.15, 0.2) is 4.80 Å². The highest BCUT2D eigenvalue weighted by Gasteiger charge is 2.31. The summed E-state index contributed by atoms with van der Waals surface area (Å²) in [6.45, 7) is 1.21. The minimum absolute atomic E-state index is 0.141. The van der Waals surface area contributed by atoms with E-state index in [1.807, 2.05) is 0 Å². The van der Waals surface area contributed by atoms with Gasteiger partial charge in [-0.2, -0.15) is 18.2 Å². The van der Waals surface area contributed by atoms with Gasteiger partial charge in [0, 0.05) is 11.6 Å². The second-order valence-electron chi connectivity index (χ2n) is 6.00. The largest absolute Gasteiger partial charge is 0.480 e. The molecular formula is C18H11F5N2O3S. The van der Waals surface area contributed by atoms with Gasteiger partial charge in [0.05, 0.1) is 15.8 Å². The summed E-state index contributed by atoms with van der Waals surface area (Å²) in [4.78, 5) is 27.2. The fourth-order valence-electron chi connectivity index (χ4n) is 2.61. The number of hydrogen-bond acceptors (Lipinski definition) is 3. The smallest absolute Gasteiger partial charge is 0.416 e. The van der Waals surface area contributed by atoms with Gasteiger partial charge < -0.3 is 9.67 Å². The third-order valence-corrected chi connectivity index (χ3v) is 5.11. The summed E-state index contributed by atoms with van der Waals surface area (Å²) in [5.41, 5.74) is -1.59. The van der Waals surface area contributed by atoms with Crippen molar-refractivity contribution in [2.24, 2.45) is 4.99 Å². The lowest BCUT2D eigenvalue weighted by molar-refractivity contribution is -0.140. The van der Waals surface area contributed by atoms with Crippen LogP contribution in [-0.4, -0.2) is 21.6 Å². The zero-order valence-corrected chi connectivity index (χ0v) is 15.3. The second kappa shape index (κ2) is 7.39. The number of fused-ring (bicyclic) bond motifs is 1. The molecule has 0 aliphatic carbocycles. The maximum Gasteiger partial charge on any atom is 0.416 e. The van der Waals surface area contributed by atoms with Crippen molar-refractivity contribution in [3.63, 3.8) is 0 Å². The van der Waals surface area contributed by atoms with Crippen molar-refractivity contribution in [1.29, 1.82) is 0 Å². The first-order valence-electron chi connectivity index (χ1n) is 7.98. The zero-order valence-electron chi connectivity index (χ0n) is 14.5. The van der Waals surface area contributed by atoms with Crippen LogP contribution < -0.4 is 4.80 Å². The first-order chi connectivity index (χ1) is 13.5. The molecule has 0 radical (unpaired) electrons. The lowest BCUT2D eigenvalue weighted by atomic mass is 10.1. The number of alkyl halides is 3. The predicted molar refractivity (Wildman–Crippen MR) is 93.4 cm³/mol. The van der Waals surface area contributed by atoms with E-state index in [0.29, 0.717) is 23.5 Å². The highest BCUT2D eigenvalue weighted by Crippen LogP contribution is 2.30. The number of carbonyl (C=O) groups excluding carboxylic acids is 1. The number of aliphatic carboxylic acids is 1. The molecule has 3 rings (SSSR count). The molecular weight excluding hydrogens is 419 g/mol. The fraction of sp³-hybridized carbons (Fsp3) is 0.167. The van der Waals surface area contributed by atoms with Gasteiger partial charge in [-0.3, -0.25) is 4.79 Å². The molecule has 0 spiro atoms. The summed E-state index contributed by atoms with van der Waals surface area (Å²) in [5, 5.41) is 9.30. The van der Waals surface area contributed by atoms with Crippen LogP contribution in [0, 0.1) is 11.6 Å². The molecule has 0 saturated heterocycles. The van der Waals surface area contributed by atoms with Crippen LogP contribution >= 0.6 is 11.3 Å². The number of carboxylic acid groups (broad SMARTS) is 1. The quantitative estimate of drug-likeness (QED) is 0.627. The molecule has 0 aliphatic rings. The van der Waals surface area contributed by atoms with Gasteiger partial charge in [0.1, 0.15) is 17.7 Å². The zero-order chi connectivity index (χ0) is 21.5. The van der Waals surface area contributed by atoms with Crippen molar-refractivity contribution in [3.8, 4) is 0 Å². The summed E-state index contributed by atoms with van der Waals surface area (Å²) >= 11 is 0.586. The Bertz CT molecular complexity index is 1200. The SMILES string of the molecule is CC(C(=O)O)n1c(=NC(=O)c2cccc(C(F)(F)F)c2)sc2c(F)cc(F)cc21. The van der Waals surface area contributed by atoms with Gasteiger partial charge in [-0.25, -0.2) is 13.6 Å². The van der Waals surface area contributed by atoms with E-state index in [1.165, 1.54) is 6.92 Å². The summed E-state index contributed by atoms with van der Waals surface area (Å²) in [7, 11) is 0. The molecule has 0 fully saturated rings. The summed E-state index contributed by atoms with van der Waals surface area (Å²) in [6, 6.07) is 3.65. The van der Waals surface area contributed by atoms with Crippen molar-refractivity contribution in [1.82, 2.24) is 4.57 Å². The molecule has 1 N–H and O–H groups in total. The number of halogens is 5. The molecule has 1 heterocycles. The Kier molecular flexibility index (Phi) is 5.26. The summed E-state index contributed by atoms with van der Waals surface area (Å²) < 4.78 is 67.1.